The molecular formula is C22H28N2O3S. The molecule has 0 saturated carbocycles. The molecule has 1 fully saturated rings. The van der Waals surface area contributed by atoms with Crippen LogP contribution in [-0.4, -0.2) is 55.8 Å². The van der Waals surface area contributed by atoms with Gasteiger partial charge in [0.25, 0.3) is 5.91 Å². The molecule has 5 nitrogen and oxygen atoms in total. The van der Waals surface area contributed by atoms with Gasteiger partial charge in [-0.3, -0.25) is 9.69 Å². The van der Waals surface area contributed by atoms with Gasteiger partial charge in [0.15, 0.2) is 9.84 Å². The van der Waals surface area contributed by atoms with Crippen molar-refractivity contribution in [3.8, 4) is 0 Å². The minimum atomic E-state index is -3.52. The number of hydrogen-bond acceptors (Lipinski definition) is 4. The van der Waals surface area contributed by atoms with Crippen LogP contribution in [0.5, 0.6) is 0 Å². The van der Waals surface area contributed by atoms with Crippen molar-refractivity contribution in [1.29, 1.82) is 0 Å². The molecule has 1 heterocycles. The van der Waals surface area contributed by atoms with E-state index in [9.17, 15) is 13.2 Å². The van der Waals surface area contributed by atoms with Crippen molar-refractivity contribution in [1.82, 2.24) is 9.80 Å². The summed E-state index contributed by atoms with van der Waals surface area (Å²) >= 11 is 0. The number of sulfone groups is 1. The number of nitrogens with zero attached hydrogens (tertiary/aromatic N) is 2. The molecule has 0 bridgehead atoms. The summed E-state index contributed by atoms with van der Waals surface area (Å²) < 4.78 is 25.6. The minimum Gasteiger partial charge on any atom is -0.333 e. The Hall–Kier alpha value is -2.18. The molecule has 1 aliphatic rings. The number of carbonyl (C=O) groups is 1. The lowest BCUT2D eigenvalue weighted by molar-refractivity contribution is 0.0335. The third kappa shape index (κ3) is 4.45. The molecule has 3 rings (SSSR count). The van der Waals surface area contributed by atoms with Crippen LogP contribution in [-0.2, 0) is 15.6 Å². The molecule has 0 N–H and O–H groups in total. The maximum absolute atomic E-state index is 13.1. The van der Waals surface area contributed by atoms with Gasteiger partial charge < -0.3 is 4.90 Å². The Morgan fingerprint density at radius 1 is 1.00 bits per heavy atom. The lowest BCUT2D eigenvalue weighted by atomic mass is 10.1. The highest BCUT2D eigenvalue weighted by atomic mass is 32.2. The van der Waals surface area contributed by atoms with Crippen molar-refractivity contribution in [3.05, 3.63) is 65.7 Å². The first-order valence-corrected chi connectivity index (χ1v) is 11.4. The average molecular weight is 401 g/mol. The fourth-order valence-corrected chi connectivity index (χ4v) is 5.18. The van der Waals surface area contributed by atoms with Crippen molar-refractivity contribution in [3.63, 3.8) is 0 Å². The fraction of sp³-hybridized carbons (Fsp3) is 0.409. The number of amides is 1. The summed E-state index contributed by atoms with van der Waals surface area (Å²) in [6.07, 6.45) is 0. The molecule has 150 valence electrons. The summed E-state index contributed by atoms with van der Waals surface area (Å²) in [5, 5.41) is 0. The van der Waals surface area contributed by atoms with Crippen LogP contribution in [0.1, 0.15) is 36.7 Å². The molecule has 6 heteroatoms. The fourth-order valence-electron chi connectivity index (χ4n) is 3.79. The van der Waals surface area contributed by atoms with Crippen LogP contribution in [0, 0.1) is 0 Å². The zero-order valence-electron chi connectivity index (χ0n) is 16.7. The number of hydrogen-bond donors (Lipinski definition) is 0. The third-order valence-corrected chi connectivity index (χ3v) is 7.11. The highest BCUT2D eigenvalue weighted by Crippen LogP contribution is 2.21. The van der Waals surface area contributed by atoms with Crippen LogP contribution in [0.4, 0.5) is 0 Å². The van der Waals surface area contributed by atoms with Gasteiger partial charge in [0.1, 0.15) is 0 Å². The van der Waals surface area contributed by atoms with Crippen molar-refractivity contribution in [2.45, 2.75) is 43.5 Å². The number of likely N-dealkylation sites (N-methyl/N-ethyl adjacent to an activating group) is 1. The standard InChI is InChI=1S/C22H28N2O3S/c1-4-23-14-18(3)24(15-17(23)2)22(25)20-11-8-12-21(13-20)28(26,27)16-19-9-6-5-7-10-19/h5-13,17-18H,4,14-16H2,1-3H3/t17-,18-/m0/s1. The van der Waals surface area contributed by atoms with Gasteiger partial charge in [-0.05, 0) is 44.2 Å². The monoisotopic (exact) mass is 400 g/mol. The summed E-state index contributed by atoms with van der Waals surface area (Å²) in [6, 6.07) is 15.9. The zero-order chi connectivity index (χ0) is 20.3. The van der Waals surface area contributed by atoms with E-state index in [2.05, 4.69) is 18.7 Å². The molecule has 2 atom stereocenters. The zero-order valence-corrected chi connectivity index (χ0v) is 17.5. The topological polar surface area (TPSA) is 57.7 Å². The molecule has 2 aromatic rings. The summed E-state index contributed by atoms with van der Waals surface area (Å²) in [4.78, 5) is 17.5. The highest BCUT2D eigenvalue weighted by Gasteiger charge is 2.32. The van der Waals surface area contributed by atoms with Gasteiger partial charge in [-0.2, -0.15) is 0 Å². The van der Waals surface area contributed by atoms with E-state index in [4.69, 9.17) is 0 Å². The van der Waals surface area contributed by atoms with Gasteiger partial charge in [-0.15, -0.1) is 0 Å². The molecule has 1 saturated heterocycles. The van der Waals surface area contributed by atoms with Crippen LogP contribution in [0.2, 0.25) is 0 Å². The summed E-state index contributed by atoms with van der Waals surface area (Å²) in [5.74, 6) is -0.180. The van der Waals surface area contributed by atoms with E-state index in [1.54, 1.807) is 30.3 Å². The first-order chi connectivity index (χ1) is 13.3. The molecular weight excluding hydrogens is 372 g/mol. The normalized spacial score (nSPS) is 20.9. The lowest BCUT2D eigenvalue weighted by Crippen LogP contribution is -2.57. The van der Waals surface area contributed by atoms with E-state index < -0.39 is 9.84 Å². The Bertz CT molecular complexity index is 928. The number of piperazine rings is 1. The minimum absolute atomic E-state index is 0.0753. The molecule has 28 heavy (non-hydrogen) atoms. The van der Waals surface area contributed by atoms with Crippen molar-refractivity contribution in [2.75, 3.05) is 19.6 Å². The molecule has 1 amide bonds. The van der Waals surface area contributed by atoms with Crippen molar-refractivity contribution < 1.29 is 13.2 Å². The predicted octanol–water partition coefficient (Wildman–Crippen LogP) is 3.22. The van der Waals surface area contributed by atoms with Crippen molar-refractivity contribution >= 4 is 15.7 Å². The summed E-state index contributed by atoms with van der Waals surface area (Å²) in [5.41, 5.74) is 1.16. The first-order valence-electron chi connectivity index (χ1n) is 9.73. The molecule has 0 aliphatic carbocycles. The molecule has 0 unspecified atom stereocenters. The van der Waals surface area contributed by atoms with Crippen LogP contribution < -0.4 is 0 Å². The van der Waals surface area contributed by atoms with Gasteiger partial charge in [-0.25, -0.2) is 8.42 Å². The second-order valence-electron chi connectivity index (χ2n) is 7.52. The van der Waals surface area contributed by atoms with E-state index in [1.165, 1.54) is 6.07 Å². The Morgan fingerprint density at radius 3 is 2.39 bits per heavy atom. The van der Waals surface area contributed by atoms with E-state index in [0.717, 1.165) is 18.7 Å². The number of carbonyl (C=O) groups excluding carboxylic acids is 1. The van der Waals surface area contributed by atoms with Gasteiger partial charge in [-0.1, -0.05) is 43.3 Å². The smallest absolute Gasteiger partial charge is 0.254 e. The Kier molecular flexibility index (Phi) is 6.20. The highest BCUT2D eigenvalue weighted by molar-refractivity contribution is 7.90. The van der Waals surface area contributed by atoms with Gasteiger partial charge >= 0.3 is 0 Å². The predicted molar refractivity (Wildman–Crippen MR) is 111 cm³/mol. The molecule has 0 radical (unpaired) electrons. The van der Waals surface area contributed by atoms with Crippen LogP contribution in [0.15, 0.2) is 59.5 Å². The van der Waals surface area contributed by atoms with E-state index in [1.807, 2.05) is 30.0 Å². The second-order valence-corrected chi connectivity index (χ2v) is 9.51. The van der Waals surface area contributed by atoms with Crippen LogP contribution in [0.3, 0.4) is 0 Å². The Morgan fingerprint density at radius 2 is 1.71 bits per heavy atom. The van der Waals surface area contributed by atoms with Crippen LogP contribution in [0.25, 0.3) is 0 Å². The maximum atomic E-state index is 13.1. The van der Waals surface area contributed by atoms with Gasteiger partial charge in [0.2, 0.25) is 0 Å². The molecule has 0 aromatic heterocycles. The summed E-state index contributed by atoms with van der Waals surface area (Å²) in [6.45, 7) is 8.73. The third-order valence-electron chi connectivity index (χ3n) is 5.42. The second kappa shape index (κ2) is 8.45. The largest absolute Gasteiger partial charge is 0.333 e. The van der Waals surface area contributed by atoms with E-state index in [-0.39, 0.29) is 28.6 Å². The van der Waals surface area contributed by atoms with E-state index >= 15 is 0 Å². The Labute approximate surface area is 167 Å². The quantitative estimate of drug-likeness (QED) is 0.773. The summed E-state index contributed by atoms with van der Waals surface area (Å²) in [7, 11) is -3.52. The molecule has 2 aromatic carbocycles. The maximum Gasteiger partial charge on any atom is 0.254 e. The van der Waals surface area contributed by atoms with Crippen LogP contribution >= 0.6 is 0 Å². The molecule has 0 spiro atoms. The molecule has 1 aliphatic heterocycles. The van der Waals surface area contributed by atoms with Gasteiger partial charge in [0, 0.05) is 30.7 Å². The lowest BCUT2D eigenvalue weighted by Gasteiger charge is -2.43. The SMILES string of the molecule is CCN1C[C@H](C)N(C(=O)c2cccc(S(=O)(=O)Cc3ccccc3)c2)C[C@@H]1C. The number of benzene rings is 2. The number of rotatable bonds is 5. The first kappa shape index (κ1) is 20.6. The Balaban J connectivity index is 1.82. The van der Waals surface area contributed by atoms with E-state index in [0.29, 0.717) is 12.1 Å². The van der Waals surface area contributed by atoms with Gasteiger partial charge in [0.05, 0.1) is 10.6 Å². The average Bonchev–Trinajstić information content (AvgIpc) is 2.69. The van der Waals surface area contributed by atoms with Crippen molar-refractivity contribution in [2.24, 2.45) is 0 Å².